The lowest BCUT2D eigenvalue weighted by molar-refractivity contribution is -0.121. The number of aryl methyl sites for hydroxylation is 1. The van der Waals surface area contributed by atoms with E-state index in [2.05, 4.69) is 24.1 Å². The fourth-order valence-corrected chi connectivity index (χ4v) is 3.42. The zero-order chi connectivity index (χ0) is 17.8. The molecule has 25 heavy (non-hydrogen) atoms. The van der Waals surface area contributed by atoms with Gasteiger partial charge in [0.05, 0.1) is 23.0 Å². The van der Waals surface area contributed by atoms with Crippen molar-refractivity contribution < 1.29 is 9.21 Å². The van der Waals surface area contributed by atoms with E-state index in [1.807, 2.05) is 54.8 Å². The van der Waals surface area contributed by atoms with E-state index >= 15 is 0 Å². The standard InChI is InChI=1S/C20H22N2O2S/c1-13(2)19(15-8-5-4-6-9-15)22-18(23)12-16-14(3)24-20(21-16)17-10-7-11-25-17/h4-11,13,19H,12H2,1-3H3,(H,22,23). The Balaban J connectivity index is 1.72. The molecule has 3 aromatic rings. The molecule has 0 spiro atoms. The van der Waals surface area contributed by atoms with Gasteiger partial charge in [0.2, 0.25) is 11.8 Å². The lowest BCUT2D eigenvalue weighted by Crippen LogP contribution is -2.33. The molecule has 0 aliphatic heterocycles. The summed E-state index contributed by atoms with van der Waals surface area (Å²) in [4.78, 5) is 18.0. The lowest BCUT2D eigenvalue weighted by atomic mass is 9.96. The molecular weight excluding hydrogens is 332 g/mol. The molecule has 1 unspecified atom stereocenters. The molecule has 0 aliphatic carbocycles. The highest BCUT2D eigenvalue weighted by Crippen LogP contribution is 2.26. The SMILES string of the molecule is Cc1oc(-c2cccs2)nc1CC(=O)NC(c1ccccc1)C(C)C. The Bertz CT molecular complexity index is 823. The zero-order valence-corrected chi connectivity index (χ0v) is 15.5. The van der Waals surface area contributed by atoms with Gasteiger partial charge in [0, 0.05) is 0 Å². The van der Waals surface area contributed by atoms with Crippen LogP contribution in [-0.4, -0.2) is 10.9 Å². The van der Waals surface area contributed by atoms with Gasteiger partial charge >= 0.3 is 0 Å². The van der Waals surface area contributed by atoms with E-state index in [0.29, 0.717) is 23.3 Å². The molecule has 130 valence electrons. The highest BCUT2D eigenvalue weighted by atomic mass is 32.1. The molecule has 3 rings (SSSR count). The van der Waals surface area contributed by atoms with Crippen LogP contribution < -0.4 is 5.32 Å². The van der Waals surface area contributed by atoms with Crippen molar-refractivity contribution in [3.63, 3.8) is 0 Å². The minimum atomic E-state index is -0.0447. The van der Waals surface area contributed by atoms with E-state index in [4.69, 9.17) is 4.42 Å². The van der Waals surface area contributed by atoms with E-state index in [1.165, 1.54) is 0 Å². The van der Waals surface area contributed by atoms with Crippen LogP contribution in [0.2, 0.25) is 0 Å². The Kier molecular flexibility index (Phi) is 5.34. The zero-order valence-electron chi connectivity index (χ0n) is 14.7. The second-order valence-electron chi connectivity index (χ2n) is 6.38. The molecular formula is C20H22N2O2S. The van der Waals surface area contributed by atoms with E-state index in [9.17, 15) is 4.79 Å². The van der Waals surface area contributed by atoms with Crippen LogP contribution >= 0.6 is 11.3 Å². The van der Waals surface area contributed by atoms with E-state index in [1.54, 1.807) is 11.3 Å². The summed E-state index contributed by atoms with van der Waals surface area (Å²) in [6, 6.07) is 14.0. The largest absolute Gasteiger partial charge is 0.440 e. The molecule has 0 aliphatic rings. The summed E-state index contributed by atoms with van der Waals surface area (Å²) in [5.74, 6) is 1.53. The Morgan fingerprint density at radius 2 is 1.96 bits per heavy atom. The van der Waals surface area contributed by atoms with Gasteiger partial charge in [-0.3, -0.25) is 4.79 Å². The van der Waals surface area contributed by atoms with Crippen molar-refractivity contribution in [2.24, 2.45) is 5.92 Å². The highest BCUT2D eigenvalue weighted by Gasteiger charge is 2.20. The number of oxazole rings is 1. The minimum Gasteiger partial charge on any atom is -0.440 e. The number of nitrogens with one attached hydrogen (secondary N) is 1. The fourth-order valence-electron chi connectivity index (χ4n) is 2.77. The number of aromatic nitrogens is 1. The summed E-state index contributed by atoms with van der Waals surface area (Å²) < 4.78 is 5.72. The van der Waals surface area contributed by atoms with Gasteiger partial charge in [-0.25, -0.2) is 4.98 Å². The maximum Gasteiger partial charge on any atom is 0.236 e. The molecule has 2 heterocycles. The highest BCUT2D eigenvalue weighted by molar-refractivity contribution is 7.13. The van der Waals surface area contributed by atoms with Gasteiger partial charge < -0.3 is 9.73 Å². The number of carbonyl (C=O) groups is 1. The van der Waals surface area contributed by atoms with Gasteiger partial charge in [0.15, 0.2) is 0 Å². The Morgan fingerprint density at radius 1 is 1.20 bits per heavy atom. The smallest absolute Gasteiger partial charge is 0.236 e. The maximum absolute atomic E-state index is 12.6. The molecule has 0 saturated heterocycles. The first-order valence-electron chi connectivity index (χ1n) is 8.39. The number of thiophene rings is 1. The summed E-state index contributed by atoms with van der Waals surface area (Å²) >= 11 is 1.57. The van der Waals surface area contributed by atoms with Crippen molar-refractivity contribution in [3.8, 4) is 10.8 Å². The van der Waals surface area contributed by atoms with Crippen molar-refractivity contribution in [2.45, 2.75) is 33.2 Å². The average molecular weight is 354 g/mol. The number of rotatable bonds is 6. The third-order valence-corrected chi connectivity index (χ3v) is 4.95. The predicted octanol–water partition coefficient (Wildman–Crippen LogP) is 4.77. The van der Waals surface area contributed by atoms with Gasteiger partial charge in [0.25, 0.3) is 0 Å². The van der Waals surface area contributed by atoms with E-state index in [0.717, 1.165) is 10.4 Å². The molecule has 4 nitrogen and oxygen atoms in total. The first-order valence-corrected chi connectivity index (χ1v) is 9.27. The van der Waals surface area contributed by atoms with Gasteiger partial charge in [-0.05, 0) is 29.9 Å². The molecule has 0 fully saturated rings. The van der Waals surface area contributed by atoms with Gasteiger partial charge in [-0.15, -0.1) is 11.3 Å². The first-order chi connectivity index (χ1) is 12.0. The topological polar surface area (TPSA) is 55.1 Å². The summed E-state index contributed by atoms with van der Waals surface area (Å²) in [6.07, 6.45) is 0.219. The molecule has 0 radical (unpaired) electrons. The summed E-state index contributed by atoms with van der Waals surface area (Å²) in [6.45, 7) is 6.06. The lowest BCUT2D eigenvalue weighted by Gasteiger charge is -2.22. The number of nitrogens with zero attached hydrogens (tertiary/aromatic N) is 1. The van der Waals surface area contributed by atoms with Crippen molar-refractivity contribution in [3.05, 3.63) is 64.9 Å². The third-order valence-electron chi connectivity index (χ3n) is 4.09. The number of carbonyl (C=O) groups excluding carboxylic acids is 1. The Labute approximate surface area is 151 Å². The van der Waals surface area contributed by atoms with Crippen LogP contribution in [0.1, 0.15) is 36.9 Å². The second kappa shape index (κ2) is 7.66. The monoisotopic (exact) mass is 354 g/mol. The van der Waals surface area contributed by atoms with Gasteiger partial charge in [-0.2, -0.15) is 0 Å². The van der Waals surface area contributed by atoms with Gasteiger partial charge in [-0.1, -0.05) is 50.2 Å². The van der Waals surface area contributed by atoms with Crippen molar-refractivity contribution in [1.82, 2.24) is 10.3 Å². The minimum absolute atomic E-state index is 0.0160. The van der Waals surface area contributed by atoms with Crippen LogP contribution in [0.3, 0.4) is 0 Å². The molecule has 2 aromatic heterocycles. The molecule has 1 amide bonds. The molecule has 0 saturated carbocycles. The fraction of sp³-hybridized carbons (Fsp3) is 0.300. The molecule has 1 N–H and O–H groups in total. The summed E-state index contributed by atoms with van der Waals surface area (Å²) in [5.41, 5.74) is 1.80. The molecule has 1 atom stereocenters. The van der Waals surface area contributed by atoms with Gasteiger partial charge in [0.1, 0.15) is 5.76 Å². The van der Waals surface area contributed by atoms with Crippen LogP contribution in [0.15, 0.2) is 52.3 Å². The number of benzene rings is 1. The second-order valence-corrected chi connectivity index (χ2v) is 7.32. The van der Waals surface area contributed by atoms with Crippen molar-refractivity contribution >= 4 is 17.2 Å². The van der Waals surface area contributed by atoms with Crippen molar-refractivity contribution in [2.75, 3.05) is 0 Å². The van der Waals surface area contributed by atoms with E-state index in [-0.39, 0.29) is 18.4 Å². The average Bonchev–Trinajstić information content (AvgIpc) is 3.24. The van der Waals surface area contributed by atoms with Crippen LogP contribution in [0, 0.1) is 12.8 Å². The van der Waals surface area contributed by atoms with Crippen LogP contribution in [0.4, 0.5) is 0 Å². The maximum atomic E-state index is 12.6. The normalized spacial score (nSPS) is 12.3. The summed E-state index contributed by atoms with van der Waals surface area (Å²) in [5, 5.41) is 5.11. The molecule has 5 heteroatoms. The Morgan fingerprint density at radius 3 is 2.60 bits per heavy atom. The van der Waals surface area contributed by atoms with Crippen molar-refractivity contribution in [1.29, 1.82) is 0 Å². The number of hydrogen-bond acceptors (Lipinski definition) is 4. The number of hydrogen-bond donors (Lipinski definition) is 1. The predicted molar refractivity (Wildman–Crippen MR) is 100 cm³/mol. The van der Waals surface area contributed by atoms with Crippen LogP contribution in [0.5, 0.6) is 0 Å². The molecule has 0 bridgehead atoms. The quantitative estimate of drug-likeness (QED) is 0.694. The third kappa shape index (κ3) is 4.17. The van der Waals surface area contributed by atoms with Crippen LogP contribution in [0.25, 0.3) is 10.8 Å². The summed E-state index contributed by atoms with van der Waals surface area (Å²) in [7, 11) is 0. The van der Waals surface area contributed by atoms with Crippen LogP contribution in [-0.2, 0) is 11.2 Å². The first kappa shape index (κ1) is 17.4. The number of amides is 1. The van der Waals surface area contributed by atoms with E-state index < -0.39 is 0 Å². The Hall–Kier alpha value is -2.40. The molecule has 1 aromatic carbocycles.